The van der Waals surface area contributed by atoms with Gasteiger partial charge < -0.3 is 10.6 Å². The van der Waals surface area contributed by atoms with Gasteiger partial charge in [-0.1, -0.05) is 30.3 Å². The summed E-state index contributed by atoms with van der Waals surface area (Å²) in [5.41, 5.74) is 7.00. The predicted octanol–water partition coefficient (Wildman–Crippen LogP) is 1.76. The minimum Gasteiger partial charge on any atom is -0.369 e. The van der Waals surface area contributed by atoms with Gasteiger partial charge in [0.2, 0.25) is 11.8 Å². The maximum atomic E-state index is 12.9. The minimum atomic E-state index is -0.292. The van der Waals surface area contributed by atoms with Crippen molar-refractivity contribution in [3.63, 3.8) is 0 Å². The number of benzene rings is 1. The van der Waals surface area contributed by atoms with Crippen LogP contribution in [0, 0.1) is 5.92 Å². The Labute approximate surface area is 150 Å². The van der Waals surface area contributed by atoms with Crippen molar-refractivity contribution in [1.29, 1.82) is 0 Å². The van der Waals surface area contributed by atoms with Gasteiger partial charge in [-0.3, -0.25) is 14.5 Å². The van der Waals surface area contributed by atoms with Gasteiger partial charge in [-0.15, -0.1) is 0 Å². The van der Waals surface area contributed by atoms with E-state index in [1.54, 1.807) is 0 Å². The maximum absolute atomic E-state index is 12.9. The molecule has 2 aliphatic rings. The fraction of sp³-hybridized carbons (Fsp3) is 0.600. The average Bonchev–Trinajstić information content (AvgIpc) is 3.42. The smallest absolute Gasteiger partial charge is 0.239 e. The highest BCUT2D eigenvalue weighted by Gasteiger charge is 2.46. The first-order valence-electron chi connectivity index (χ1n) is 9.27. The molecule has 1 saturated heterocycles. The van der Waals surface area contributed by atoms with Gasteiger partial charge in [-0.25, -0.2) is 0 Å². The van der Waals surface area contributed by atoms with Crippen LogP contribution in [0.4, 0.5) is 0 Å². The molecule has 2 amide bonds. The van der Waals surface area contributed by atoms with Crippen LogP contribution in [0.1, 0.15) is 38.2 Å². The Balaban J connectivity index is 1.61. The van der Waals surface area contributed by atoms with Crippen molar-refractivity contribution in [3.05, 3.63) is 35.9 Å². The van der Waals surface area contributed by atoms with E-state index in [1.165, 1.54) is 18.4 Å². The van der Waals surface area contributed by atoms with Gasteiger partial charge in [-0.05, 0) is 45.2 Å². The van der Waals surface area contributed by atoms with Crippen molar-refractivity contribution in [3.8, 4) is 0 Å². The molecule has 2 fully saturated rings. The van der Waals surface area contributed by atoms with Gasteiger partial charge in [0.05, 0.1) is 12.0 Å². The molecule has 2 N–H and O–H groups in total. The first kappa shape index (κ1) is 17.9. The molecule has 0 spiro atoms. The molecule has 0 aromatic heterocycles. The summed E-state index contributed by atoms with van der Waals surface area (Å²) in [6, 6.07) is 10.4. The van der Waals surface area contributed by atoms with Crippen LogP contribution in [0.25, 0.3) is 0 Å². The first-order chi connectivity index (χ1) is 11.9. The monoisotopic (exact) mass is 343 g/mol. The van der Waals surface area contributed by atoms with Gasteiger partial charge in [0, 0.05) is 25.0 Å². The Morgan fingerprint density at radius 2 is 2.00 bits per heavy atom. The summed E-state index contributed by atoms with van der Waals surface area (Å²) < 4.78 is 0. The van der Waals surface area contributed by atoms with Crippen molar-refractivity contribution in [2.75, 3.05) is 26.7 Å². The summed E-state index contributed by atoms with van der Waals surface area (Å²) >= 11 is 0. The molecule has 1 aliphatic carbocycles. The van der Waals surface area contributed by atoms with E-state index < -0.39 is 0 Å². The second kappa shape index (κ2) is 7.16. The van der Waals surface area contributed by atoms with Crippen LogP contribution >= 0.6 is 0 Å². The van der Waals surface area contributed by atoms with Crippen LogP contribution in [-0.4, -0.2) is 54.3 Å². The summed E-state index contributed by atoms with van der Waals surface area (Å²) in [6.45, 7) is 4.05. The molecule has 1 aromatic rings. The van der Waals surface area contributed by atoms with Crippen LogP contribution < -0.4 is 5.73 Å². The second-order valence-electron chi connectivity index (χ2n) is 7.76. The lowest BCUT2D eigenvalue weighted by molar-refractivity contribution is -0.139. The molecule has 5 nitrogen and oxygen atoms in total. The molecule has 25 heavy (non-hydrogen) atoms. The van der Waals surface area contributed by atoms with Gasteiger partial charge in [0.25, 0.3) is 0 Å². The van der Waals surface area contributed by atoms with Gasteiger partial charge in [0.1, 0.15) is 0 Å². The van der Waals surface area contributed by atoms with Gasteiger partial charge in [-0.2, -0.15) is 0 Å². The fourth-order valence-electron chi connectivity index (χ4n) is 3.96. The zero-order chi connectivity index (χ0) is 18.0. The largest absolute Gasteiger partial charge is 0.369 e. The Bertz CT molecular complexity index is 627. The number of carbonyl (C=O) groups excluding carboxylic acids is 2. The van der Waals surface area contributed by atoms with E-state index in [1.807, 2.05) is 24.9 Å². The quantitative estimate of drug-likeness (QED) is 0.856. The number of hydrogen-bond acceptors (Lipinski definition) is 3. The maximum Gasteiger partial charge on any atom is 0.239 e. The molecule has 1 aromatic carbocycles. The highest BCUT2D eigenvalue weighted by molar-refractivity contribution is 5.83. The molecule has 1 heterocycles. The second-order valence-corrected chi connectivity index (χ2v) is 7.76. The molecule has 136 valence electrons. The minimum absolute atomic E-state index is 0.109. The zero-order valence-electron chi connectivity index (χ0n) is 15.3. The third-order valence-electron chi connectivity index (χ3n) is 5.95. The highest BCUT2D eigenvalue weighted by atomic mass is 16.2. The highest BCUT2D eigenvalue weighted by Crippen LogP contribution is 2.48. The number of nitrogens with two attached hydrogens (primary N) is 1. The van der Waals surface area contributed by atoms with E-state index in [4.69, 9.17) is 5.73 Å². The third kappa shape index (κ3) is 3.87. The average molecular weight is 343 g/mol. The molecule has 1 saturated carbocycles. The summed E-state index contributed by atoms with van der Waals surface area (Å²) in [4.78, 5) is 28.3. The number of primary amides is 1. The van der Waals surface area contributed by atoms with Crippen molar-refractivity contribution < 1.29 is 9.59 Å². The first-order valence-corrected chi connectivity index (χ1v) is 9.27. The topological polar surface area (TPSA) is 66.6 Å². The van der Waals surface area contributed by atoms with Crippen molar-refractivity contribution in [2.45, 2.75) is 44.1 Å². The molecule has 2 unspecified atom stereocenters. The molecule has 0 radical (unpaired) electrons. The van der Waals surface area contributed by atoms with Gasteiger partial charge >= 0.3 is 0 Å². The lowest BCUT2D eigenvalue weighted by Crippen LogP contribution is -2.51. The number of likely N-dealkylation sites (tertiary alicyclic amines) is 1. The Morgan fingerprint density at radius 3 is 2.60 bits per heavy atom. The summed E-state index contributed by atoms with van der Waals surface area (Å²) in [5, 5.41) is 0. The predicted molar refractivity (Wildman–Crippen MR) is 97.9 cm³/mol. The Hall–Kier alpha value is -1.88. The fourth-order valence-corrected chi connectivity index (χ4v) is 3.96. The molecular formula is C20H29N3O2. The van der Waals surface area contributed by atoms with E-state index in [2.05, 4.69) is 29.2 Å². The molecular weight excluding hydrogens is 314 g/mol. The number of carbonyl (C=O) groups is 2. The van der Waals surface area contributed by atoms with Crippen molar-refractivity contribution in [1.82, 2.24) is 9.80 Å². The Morgan fingerprint density at radius 1 is 1.32 bits per heavy atom. The van der Waals surface area contributed by atoms with E-state index >= 15 is 0 Å². The number of nitrogens with zero attached hydrogens (tertiary/aromatic N) is 2. The van der Waals surface area contributed by atoms with Crippen LogP contribution in [0.2, 0.25) is 0 Å². The van der Waals surface area contributed by atoms with Gasteiger partial charge in [0.15, 0.2) is 0 Å². The summed E-state index contributed by atoms with van der Waals surface area (Å²) in [6.07, 6.45) is 4.00. The van der Waals surface area contributed by atoms with Crippen molar-refractivity contribution >= 4 is 11.8 Å². The van der Waals surface area contributed by atoms with Crippen molar-refractivity contribution in [2.24, 2.45) is 11.7 Å². The van der Waals surface area contributed by atoms with Crippen LogP contribution in [0.15, 0.2) is 30.3 Å². The number of amides is 2. The zero-order valence-corrected chi connectivity index (χ0v) is 15.3. The number of likely N-dealkylation sites (N-methyl/N-ethyl adjacent to an activating group) is 1. The molecule has 2 atom stereocenters. The standard InChI is InChI=1S/C20H29N3O2/c1-15(19(25)23-12-6-7-16(13-23)18(21)24)22(2)14-20(10-11-20)17-8-4-3-5-9-17/h3-5,8-9,15-16H,6-7,10-14H2,1-2H3,(H2,21,24). The number of hydrogen-bond donors (Lipinski definition) is 1. The van der Waals surface area contributed by atoms with Crippen LogP contribution in [-0.2, 0) is 15.0 Å². The van der Waals surface area contributed by atoms with E-state index in [9.17, 15) is 9.59 Å². The van der Waals surface area contributed by atoms with Crippen LogP contribution in [0.5, 0.6) is 0 Å². The molecule has 1 aliphatic heterocycles. The third-order valence-corrected chi connectivity index (χ3v) is 5.95. The van der Waals surface area contributed by atoms with E-state index in [0.29, 0.717) is 6.54 Å². The summed E-state index contributed by atoms with van der Waals surface area (Å²) in [5.74, 6) is -0.383. The summed E-state index contributed by atoms with van der Waals surface area (Å²) in [7, 11) is 2.03. The van der Waals surface area contributed by atoms with E-state index in [-0.39, 0.29) is 29.2 Å². The SMILES string of the molecule is CC(C(=O)N1CCCC(C(N)=O)C1)N(C)CC1(c2ccccc2)CC1. The number of rotatable bonds is 6. The van der Waals surface area contributed by atoms with E-state index in [0.717, 1.165) is 25.9 Å². The Kier molecular flexibility index (Phi) is 5.13. The number of piperidine rings is 1. The molecule has 3 rings (SSSR count). The molecule has 0 bridgehead atoms. The lowest BCUT2D eigenvalue weighted by Gasteiger charge is -2.36. The van der Waals surface area contributed by atoms with Crippen LogP contribution in [0.3, 0.4) is 0 Å². The normalized spacial score (nSPS) is 23.3. The molecule has 5 heteroatoms. The lowest BCUT2D eigenvalue weighted by atomic mass is 9.94.